The monoisotopic (exact) mass is 283 g/mol. The lowest BCUT2D eigenvalue weighted by molar-refractivity contribution is 0.0951. The Morgan fingerprint density at radius 1 is 1.05 bits per heavy atom. The molecular formula is C15H13N3O3. The first-order valence-electron chi connectivity index (χ1n) is 6.10. The van der Waals surface area contributed by atoms with Crippen molar-refractivity contribution in [1.29, 1.82) is 0 Å². The van der Waals surface area contributed by atoms with E-state index in [2.05, 4.69) is 10.5 Å². The summed E-state index contributed by atoms with van der Waals surface area (Å²) >= 11 is 0. The van der Waals surface area contributed by atoms with Crippen molar-refractivity contribution in [3.05, 3.63) is 65.2 Å². The molecule has 2 amide bonds. The number of hydrazone groups is 1. The van der Waals surface area contributed by atoms with Crippen molar-refractivity contribution in [2.75, 3.05) is 0 Å². The second-order valence-corrected chi connectivity index (χ2v) is 4.17. The Morgan fingerprint density at radius 2 is 1.67 bits per heavy atom. The summed E-state index contributed by atoms with van der Waals surface area (Å²) in [7, 11) is 0. The van der Waals surface area contributed by atoms with Crippen LogP contribution in [-0.4, -0.2) is 23.1 Å². The molecule has 0 fully saturated rings. The average Bonchev–Trinajstić information content (AvgIpc) is 2.48. The fraction of sp³-hybridized carbons (Fsp3) is 0. The number of aromatic hydroxyl groups is 1. The number of phenols is 1. The van der Waals surface area contributed by atoms with Crippen LogP contribution >= 0.6 is 0 Å². The van der Waals surface area contributed by atoms with E-state index in [0.717, 1.165) is 0 Å². The van der Waals surface area contributed by atoms with Crippen molar-refractivity contribution < 1.29 is 14.7 Å². The Morgan fingerprint density at radius 3 is 2.33 bits per heavy atom. The van der Waals surface area contributed by atoms with E-state index in [-0.39, 0.29) is 11.3 Å². The molecule has 4 N–H and O–H groups in total. The lowest BCUT2D eigenvalue weighted by atomic mass is 10.1. The Bertz CT molecular complexity index is 711. The molecule has 0 heterocycles. The van der Waals surface area contributed by atoms with Gasteiger partial charge in [0.25, 0.3) is 5.91 Å². The molecule has 0 aromatic heterocycles. The largest absolute Gasteiger partial charge is 0.507 e. The summed E-state index contributed by atoms with van der Waals surface area (Å²) in [6.07, 6.45) is 1.32. The lowest BCUT2D eigenvalue weighted by Gasteiger charge is -2.03. The Balaban J connectivity index is 2.12. The number of rotatable bonds is 4. The third-order valence-corrected chi connectivity index (χ3v) is 2.74. The van der Waals surface area contributed by atoms with Crippen LogP contribution < -0.4 is 11.2 Å². The minimum Gasteiger partial charge on any atom is -0.507 e. The second-order valence-electron chi connectivity index (χ2n) is 4.17. The van der Waals surface area contributed by atoms with Crippen molar-refractivity contribution in [3.8, 4) is 5.75 Å². The van der Waals surface area contributed by atoms with Crippen LogP contribution in [-0.2, 0) is 0 Å². The van der Waals surface area contributed by atoms with Crippen LogP contribution in [0.15, 0.2) is 53.6 Å². The van der Waals surface area contributed by atoms with Gasteiger partial charge in [0, 0.05) is 11.1 Å². The minimum absolute atomic E-state index is 0.109. The van der Waals surface area contributed by atoms with Crippen LogP contribution in [0.4, 0.5) is 0 Å². The first kappa shape index (κ1) is 14.3. The minimum atomic E-state index is -0.580. The standard InChI is InChI=1S/C15H13N3O3/c16-14(20)11-6-2-1-5-10(11)9-17-18-15(21)12-7-3-4-8-13(12)19/h1-9,19H,(H2,16,20)(H,18,21). The summed E-state index contributed by atoms with van der Waals surface area (Å²) in [6.45, 7) is 0. The predicted molar refractivity (Wildman–Crippen MR) is 78.1 cm³/mol. The normalized spacial score (nSPS) is 10.5. The third-order valence-electron chi connectivity index (χ3n) is 2.74. The van der Waals surface area contributed by atoms with E-state index in [0.29, 0.717) is 11.1 Å². The number of hydrogen-bond acceptors (Lipinski definition) is 4. The second kappa shape index (κ2) is 6.33. The van der Waals surface area contributed by atoms with Gasteiger partial charge in [-0.25, -0.2) is 5.43 Å². The van der Waals surface area contributed by atoms with E-state index in [1.165, 1.54) is 18.3 Å². The highest BCUT2D eigenvalue weighted by Gasteiger charge is 2.09. The molecule has 2 rings (SSSR count). The number of benzene rings is 2. The van der Waals surface area contributed by atoms with Crippen molar-refractivity contribution in [2.24, 2.45) is 10.8 Å². The SMILES string of the molecule is NC(=O)c1ccccc1C=NNC(=O)c1ccccc1O. The molecule has 0 aliphatic rings. The van der Waals surface area contributed by atoms with Crippen LogP contribution in [0.2, 0.25) is 0 Å². The summed E-state index contributed by atoms with van der Waals surface area (Å²) in [4.78, 5) is 23.0. The van der Waals surface area contributed by atoms with E-state index in [4.69, 9.17) is 5.73 Å². The molecule has 21 heavy (non-hydrogen) atoms. The quantitative estimate of drug-likeness (QED) is 0.581. The van der Waals surface area contributed by atoms with Gasteiger partial charge in [0.05, 0.1) is 11.8 Å². The molecule has 2 aromatic carbocycles. The van der Waals surface area contributed by atoms with E-state index < -0.39 is 11.8 Å². The molecule has 2 aromatic rings. The lowest BCUT2D eigenvalue weighted by Crippen LogP contribution is -2.18. The zero-order valence-electron chi connectivity index (χ0n) is 11.0. The average molecular weight is 283 g/mol. The van der Waals surface area contributed by atoms with Gasteiger partial charge in [0.15, 0.2) is 0 Å². The fourth-order valence-corrected chi connectivity index (χ4v) is 1.72. The van der Waals surface area contributed by atoms with E-state index in [1.807, 2.05) is 0 Å². The molecule has 0 bridgehead atoms. The molecule has 0 saturated carbocycles. The van der Waals surface area contributed by atoms with Crippen LogP contribution in [0, 0.1) is 0 Å². The van der Waals surface area contributed by atoms with E-state index >= 15 is 0 Å². The Kier molecular flexibility index (Phi) is 4.30. The number of amides is 2. The summed E-state index contributed by atoms with van der Waals surface area (Å²) < 4.78 is 0. The van der Waals surface area contributed by atoms with Gasteiger partial charge in [-0.1, -0.05) is 30.3 Å². The number of carbonyl (C=O) groups excluding carboxylic acids is 2. The molecule has 0 saturated heterocycles. The van der Waals surface area contributed by atoms with Crippen LogP contribution in [0.25, 0.3) is 0 Å². The smallest absolute Gasteiger partial charge is 0.275 e. The first-order chi connectivity index (χ1) is 10.1. The molecular weight excluding hydrogens is 270 g/mol. The zero-order chi connectivity index (χ0) is 15.2. The highest BCUT2D eigenvalue weighted by atomic mass is 16.3. The molecule has 0 radical (unpaired) electrons. The van der Waals surface area contributed by atoms with Gasteiger partial charge >= 0.3 is 0 Å². The molecule has 0 aliphatic heterocycles. The van der Waals surface area contributed by atoms with Gasteiger partial charge < -0.3 is 10.8 Å². The zero-order valence-corrected chi connectivity index (χ0v) is 11.0. The van der Waals surface area contributed by atoms with Gasteiger partial charge in [0.1, 0.15) is 5.75 Å². The number of primary amides is 1. The number of nitrogens with two attached hydrogens (primary N) is 1. The van der Waals surface area contributed by atoms with Crippen molar-refractivity contribution in [3.63, 3.8) is 0 Å². The summed E-state index contributed by atoms with van der Waals surface area (Å²) in [5.41, 5.74) is 8.41. The predicted octanol–water partition coefficient (Wildman–Crippen LogP) is 1.26. The van der Waals surface area contributed by atoms with Gasteiger partial charge in [0.2, 0.25) is 5.91 Å². The van der Waals surface area contributed by atoms with Crippen LogP contribution in [0.1, 0.15) is 26.3 Å². The number of nitrogens with zero attached hydrogens (tertiary/aromatic N) is 1. The van der Waals surface area contributed by atoms with Crippen LogP contribution in [0.3, 0.4) is 0 Å². The Hall–Kier alpha value is -3.15. The number of nitrogens with one attached hydrogen (secondary N) is 1. The molecule has 106 valence electrons. The topological polar surface area (TPSA) is 105 Å². The molecule has 6 nitrogen and oxygen atoms in total. The molecule has 0 atom stereocenters. The number of para-hydroxylation sites is 1. The van der Waals surface area contributed by atoms with E-state index in [9.17, 15) is 14.7 Å². The third kappa shape index (κ3) is 3.44. The molecule has 0 spiro atoms. The maximum atomic E-state index is 11.8. The number of phenolic OH excluding ortho intramolecular Hbond substituents is 1. The maximum Gasteiger partial charge on any atom is 0.275 e. The number of hydrogen-bond donors (Lipinski definition) is 3. The van der Waals surface area contributed by atoms with Gasteiger partial charge in [-0.15, -0.1) is 0 Å². The molecule has 0 unspecified atom stereocenters. The van der Waals surface area contributed by atoms with Crippen molar-refractivity contribution in [2.45, 2.75) is 0 Å². The van der Waals surface area contributed by atoms with Gasteiger partial charge in [-0.05, 0) is 18.2 Å². The Labute approximate surface area is 120 Å². The fourth-order valence-electron chi connectivity index (χ4n) is 1.72. The summed E-state index contributed by atoms with van der Waals surface area (Å²) in [5, 5.41) is 13.3. The summed E-state index contributed by atoms with van der Waals surface area (Å²) in [6, 6.07) is 12.7. The van der Waals surface area contributed by atoms with Gasteiger partial charge in [-0.2, -0.15) is 5.10 Å². The molecule has 0 aliphatic carbocycles. The number of carbonyl (C=O) groups is 2. The highest BCUT2D eigenvalue weighted by molar-refractivity contribution is 6.02. The summed E-state index contributed by atoms with van der Waals surface area (Å²) in [5.74, 6) is -1.27. The van der Waals surface area contributed by atoms with Crippen LogP contribution in [0.5, 0.6) is 5.75 Å². The van der Waals surface area contributed by atoms with E-state index in [1.54, 1.807) is 36.4 Å². The first-order valence-corrected chi connectivity index (χ1v) is 6.10. The van der Waals surface area contributed by atoms with Crippen molar-refractivity contribution >= 4 is 18.0 Å². The maximum absolute atomic E-state index is 11.8. The van der Waals surface area contributed by atoms with Gasteiger partial charge in [-0.3, -0.25) is 9.59 Å². The molecule has 6 heteroatoms. The van der Waals surface area contributed by atoms with Crippen molar-refractivity contribution in [1.82, 2.24) is 5.43 Å². The highest BCUT2D eigenvalue weighted by Crippen LogP contribution is 2.14.